The van der Waals surface area contributed by atoms with Gasteiger partial charge in [-0.1, -0.05) is 12.1 Å². The maximum Gasteiger partial charge on any atom is 0.219 e. The Morgan fingerprint density at radius 2 is 1.67 bits per heavy atom. The summed E-state index contributed by atoms with van der Waals surface area (Å²) in [7, 11) is 0. The van der Waals surface area contributed by atoms with Gasteiger partial charge in [0.1, 0.15) is 5.75 Å². The molecule has 30 heavy (non-hydrogen) atoms. The molecule has 1 amide bonds. The van der Waals surface area contributed by atoms with Gasteiger partial charge in [0.2, 0.25) is 5.91 Å². The highest BCUT2D eigenvalue weighted by Crippen LogP contribution is 2.27. The molecule has 0 aromatic heterocycles. The summed E-state index contributed by atoms with van der Waals surface area (Å²) in [5.74, 6) is 1.47. The van der Waals surface area contributed by atoms with Crippen LogP contribution in [0.3, 0.4) is 0 Å². The first-order chi connectivity index (χ1) is 14.1. The third kappa shape index (κ3) is 6.63. The minimum atomic E-state index is 0. The summed E-state index contributed by atoms with van der Waals surface area (Å²) in [5.41, 5.74) is 0.902. The summed E-state index contributed by atoms with van der Waals surface area (Å²) < 4.78 is 0. The lowest BCUT2D eigenvalue weighted by atomic mass is 10.2. The Hall–Kier alpha value is -1.75. The van der Waals surface area contributed by atoms with Crippen LogP contribution in [0, 0.1) is 0 Å². The SMILES string of the molecule is CCNC(=NCCN1CCN(C(C)=O)CC1)N1CCN(c2ccccc2O)CC1.I. The quantitative estimate of drug-likeness (QED) is 0.340. The van der Waals surface area contributed by atoms with Crippen LogP contribution in [-0.4, -0.2) is 104 Å². The molecule has 2 fully saturated rings. The molecular formula is C21H35IN6O2. The monoisotopic (exact) mass is 530 g/mol. The predicted molar refractivity (Wildman–Crippen MR) is 132 cm³/mol. The van der Waals surface area contributed by atoms with E-state index in [1.54, 1.807) is 13.0 Å². The number of rotatable bonds is 5. The molecule has 168 valence electrons. The zero-order valence-corrected chi connectivity index (χ0v) is 20.4. The van der Waals surface area contributed by atoms with Gasteiger partial charge >= 0.3 is 0 Å². The highest BCUT2D eigenvalue weighted by atomic mass is 127. The van der Waals surface area contributed by atoms with Gasteiger partial charge in [0.05, 0.1) is 12.2 Å². The number of hydrogen-bond acceptors (Lipinski definition) is 5. The number of hydrogen-bond donors (Lipinski definition) is 2. The topological polar surface area (TPSA) is 74.7 Å². The Morgan fingerprint density at radius 1 is 1.03 bits per heavy atom. The van der Waals surface area contributed by atoms with Crippen LogP contribution in [0.15, 0.2) is 29.3 Å². The van der Waals surface area contributed by atoms with Crippen molar-refractivity contribution in [1.82, 2.24) is 20.0 Å². The van der Waals surface area contributed by atoms with Gasteiger partial charge in [0, 0.05) is 72.4 Å². The van der Waals surface area contributed by atoms with Crippen LogP contribution in [0.5, 0.6) is 5.75 Å². The van der Waals surface area contributed by atoms with E-state index < -0.39 is 0 Å². The second-order valence-electron chi connectivity index (χ2n) is 7.55. The number of carbonyl (C=O) groups is 1. The average molecular weight is 530 g/mol. The number of amides is 1. The van der Waals surface area contributed by atoms with Crippen LogP contribution in [0.2, 0.25) is 0 Å². The number of aromatic hydroxyl groups is 1. The molecule has 0 bridgehead atoms. The van der Waals surface area contributed by atoms with Crippen molar-refractivity contribution in [1.29, 1.82) is 0 Å². The number of aliphatic imine (C=N–C) groups is 1. The molecule has 3 rings (SSSR count). The van der Waals surface area contributed by atoms with Crippen molar-refractivity contribution in [3.63, 3.8) is 0 Å². The zero-order chi connectivity index (χ0) is 20.6. The second kappa shape index (κ2) is 12.2. The number of piperazine rings is 2. The fourth-order valence-corrected chi connectivity index (χ4v) is 3.90. The Balaban J connectivity index is 0.00000320. The number of carbonyl (C=O) groups excluding carboxylic acids is 1. The van der Waals surface area contributed by atoms with Crippen LogP contribution in [-0.2, 0) is 4.79 Å². The molecule has 0 unspecified atom stereocenters. The molecule has 0 spiro atoms. The first-order valence-corrected chi connectivity index (χ1v) is 10.6. The molecule has 0 atom stereocenters. The number of para-hydroxylation sites is 2. The Bertz CT molecular complexity index is 700. The third-order valence-corrected chi connectivity index (χ3v) is 5.63. The normalized spacial score (nSPS) is 18.2. The van der Waals surface area contributed by atoms with Gasteiger partial charge in [0.15, 0.2) is 5.96 Å². The standard InChI is InChI=1S/C21H34N6O2.HI/c1-3-22-21(23-8-9-24-10-12-25(13-11-24)18(2)28)27-16-14-26(15-17-27)19-6-4-5-7-20(19)29;/h4-7,29H,3,8-17H2,1-2H3,(H,22,23);1H. The average Bonchev–Trinajstić information content (AvgIpc) is 2.74. The molecule has 2 saturated heterocycles. The van der Waals surface area contributed by atoms with Crippen molar-refractivity contribution in [3.05, 3.63) is 24.3 Å². The Labute approximate surface area is 196 Å². The number of anilines is 1. The van der Waals surface area contributed by atoms with Gasteiger partial charge in [-0.2, -0.15) is 0 Å². The first kappa shape index (κ1) is 24.5. The number of phenols is 1. The molecule has 2 heterocycles. The van der Waals surface area contributed by atoms with Gasteiger partial charge < -0.3 is 25.1 Å². The fourth-order valence-electron chi connectivity index (χ4n) is 3.90. The van der Waals surface area contributed by atoms with Crippen LogP contribution < -0.4 is 10.2 Å². The molecule has 2 aliphatic heterocycles. The van der Waals surface area contributed by atoms with E-state index in [2.05, 4.69) is 26.9 Å². The highest BCUT2D eigenvalue weighted by Gasteiger charge is 2.22. The maximum absolute atomic E-state index is 11.4. The zero-order valence-electron chi connectivity index (χ0n) is 18.1. The van der Waals surface area contributed by atoms with E-state index in [1.165, 1.54) is 0 Å². The number of phenolic OH excluding ortho intramolecular Hbond substituents is 1. The predicted octanol–water partition coefficient (Wildman–Crippen LogP) is 1.26. The number of halogens is 1. The van der Waals surface area contributed by atoms with Gasteiger partial charge in [-0.15, -0.1) is 24.0 Å². The molecule has 9 heteroatoms. The molecule has 2 aliphatic rings. The van der Waals surface area contributed by atoms with Gasteiger partial charge in [0.25, 0.3) is 0 Å². The molecule has 1 aromatic carbocycles. The van der Waals surface area contributed by atoms with Crippen molar-refractivity contribution in [3.8, 4) is 5.75 Å². The minimum Gasteiger partial charge on any atom is -0.506 e. The maximum atomic E-state index is 11.4. The fraction of sp³-hybridized carbons (Fsp3) is 0.619. The van der Waals surface area contributed by atoms with E-state index in [1.807, 2.05) is 23.1 Å². The van der Waals surface area contributed by atoms with Crippen LogP contribution in [0.4, 0.5) is 5.69 Å². The lowest BCUT2D eigenvalue weighted by Gasteiger charge is -2.38. The number of guanidine groups is 1. The molecule has 1 aromatic rings. The Kier molecular flexibility index (Phi) is 9.96. The van der Waals surface area contributed by atoms with Crippen molar-refractivity contribution < 1.29 is 9.90 Å². The van der Waals surface area contributed by atoms with E-state index >= 15 is 0 Å². The van der Waals surface area contributed by atoms with Gasteiger partial charge in [-0.25, -0.2) is 0 Å². The first-order valence-electron chi connectivity index (χ1n) is 10.6. The van der Waals surface area contributed by atoms with E-state index in [4.69, 9.17) is 4.99 Å². The van der Waals surface area contributed by atoms with Crippen LogP contribution in [0.25, 0.3) is 0 Å². The van der Waals surface area contributed by atoms with Gasteiger partial charge in [-0.3, -0.25) is 14.7 Å². The molecule has 2 N–H and O–H groups in total. The summed E-state index contributed by atoms with van der Waals surface area (Å²) in [5, 5.41) is 13.5. The molecule has 0 saturated carbocycles. The number of benzene rings is 1. The molecular weight excluding hydrogens is 495 g/mol. The lowest BCUT2D eigenvalue weighted by molar-refractivity contribution is -0.130. The summed E-state index contributed by atoms with van der Waals surface area (Å²) in [6.45, 7) is 13.2. The molecule has 8 nitrogen and oxygen atoms in total. The number of nitrogens with zero attached hydrogens (tertiary/aromatic N) is 5. The summed E-state index contributed by atoms with van der Waals surface area (Å²) in [4.78, 5) is 25.1. The van der Waals surface area contributed by atoms with Gasteiger partial charge in [-0.05, 0) is 19.1 Å². The second-order valence-corrected chi connectivity index (χ2v) is 7.55. The van der Waals surface area contributed by atoms with Crippen LogP contribution in [0.1, 0.15) is 13.8 Å². The van der Waals surface area contributed by atoms with Crippen molar-refractivity contribution in [2.24, 2.45) is 4.99 Å². The van der Waals surface area contributed by atoms with Crippen LogP contribution >= 0.6 is 24.0 Å². The number of nitrogens with one attached hydrogen (secondary N) is 1. The van der Waals surface area contributed by atoms with E-state index in [0.29, 0.717) is 5.75 Å². The summed E-state index contributed by atoms with van der Waals surface area (Å²) >= 11 is 0. The van der Waals surface area contributed by atoms with E-state index in [-0.39, 0.29) is 29.9 Å². The van der Waals surface area contributed by atoms with E-state index in [0.717, 1.165) is 83.6 Å². The lowest BCUT2D eigenvalue weighted by Crippen LogP contribution is -2.53. The summed E-state index contributed by atoms with van der Waals surface area (Å²) in [6.07, 6.45) is 0. The molecule has 0 radical (unpaired) electrons. The van der Waals surface area contributed by atoms with E-state index in [9.17, 15) is 9.90 Å². The smallest absolute Gasteiger partial charge is 0.219 e. The Morgan fingerprint density at radius 3 is 2.27 bits per heavy atom. The third-order valence-electron chi connectivity index (χ3n) is 5.63. The van der Waals surface area contributed by atoms with Crippen molar-refractivity contribution >= 4 is 41.5 Å². The van der Waals surface area contributed by atoms with Crippen molar-refractivity contribution in [2.75, 3.05) is 76.9 Å². The van der Waals surface area contributed by atoms with Crippen molar-refractivity contribution in [2.45, 2.75) is 13.8 Å². The largest absolute Gasteiger partial charge is 0.506 e. The minimum absolute atomic E-state index is 0. The molecule has 0 aliphatic carbocycles. The highest BCUT2D eigenvalue weighted by molar-refractivity contribution is 14.0. The summed E-state index contributed by atoms with van der Waals surface area (Å²) in [6, 6.07) is 7.52.